The SMILES string of the molecule is C[C@@H](c1ccccc1)c1sc2c(c1C(=O)O)CCNC2. The van der Waals surface area contributed by atoms with Crippen LogP contribution < -0.4 is 5.32 Å². The van der Waals surface area contributed by atoms with E-state index in [-0.39, 0.29) is 5.92 Å². The first kappa shape index (κ1) is 13.3. The zero-order chi connectivity index (χ0) is 14.1. The van der Waals surface area contributed by atoms with Crippen molar-refractivity contribution in [2.45, 2.75) is 25.8 Å². The highest BCUT2D eigenvalue weighted by Gasteiger charge is 2.27. The molecule has 0 aliphatic carbocycles. The zero-order valence-electron chi connectivity index (χ0n) is 11.3. The molecule has 2 heterocycles. The number of fused-ring (bicyclic) bond motifs is 1. The van der Waals surface area contributed by atoms with E-state index in [1.165, 1.54) is 10.4 Å². The van der Waals surface area contributed by atoms with Crippen molar-refractivity contribution in [2.24, 2.45) is 0 Å². The van der Waals surface area contributed by atoms with Crippen molar-refractivity contribution in [3.05, 3.63) is 56.8 Å². The third kappa shape index (κ3) is 2.25. The Hall–Kier alpha value is -1.65. The topological polar surface area (TPSA) is 49.3 Å². The molecule has 104 valence electrons. The Labute approximate surface area is 122 Å². The molecule has 0 saturated carbocycles. The van der Waals surface area contributed by atoms with Crippen molar-refractivity contribution in [3.8, 4) is 0 Å². The summed E-state index contributed by atoms with van der Waals surface area (Å²) in [6, 6.07) is 10.1. The second kappa shape index (κ2) is 5.38. The minimum atomic E-state index is -0.790. The molecule has 1 atom stereocenters. The van der Waals surface area contributed by atoms with Gasteiger partial charge >= 0.3 is 5.97 Å². The molecule has 3 rings (SSSR count). The van der Waals surface area contributed by atoms with Crippen LogP contribution in [-0.2, 0) is 13.0 Å². The molecule has 20 heavy (non-hydrogen) atoms. The average molecular weight is 287 g/mol. The van der Waals surface area contributed by atoms with E-state index in [4.69, 9.17) is 0 Å². The molecular weight excluding hydrogens is 270 g/mol. The Bertz CT molecular complexity index is 633. The first-order valence-electron chi connectivity index (χ1n) is 6.82. The highest BCUT2D eigenvalue weighted by Crippen LogP contribution is 2.38. The Morgan fingerprint density at radius 1 is 1.35 bits per heavy atom. The highest BCUT2D eigenvalue weighted by molar-refractivity contribution is 7.12. The van der Waals surface area contributed by atoms with E-state index in [2.05, 4.69) is 24.4 Å². The second-order valence-corrected chi connectivity index (χ2v) is 6.24. The van der Waals surface area contributed by atoms with Gasteiger partial charge in [-0.1, -0.05) is 37.3 Å². The van der Waals surface area contributed by atoms with E-state index in [9.17, 15) is 9.90 Å². The van der Waals surface area contributed by atoms with Crippen LogP contribution in [0.15, 0.2) is 30.3 Å². The number of nitrogens with one attached hydrogen (secondary N) is 1. The minimum absolute atomic E-state index is 0.123. The summed E-state index contributed by atoms with van der Waals surface area (Å²) in [6.45, 7) is 3.75. The molecule has 1 aliphatic heterocycles. The van der Waals surface area contributed by atoms with Gasteiger partial charge in [0.15, 0.2) is 0 Å². The zero-order valence-corrected chi connectivity index (χ0v) is 12.2. The summed E-state index contributed by atoms with van der Waals surface area (Å²) in [5.74, 6) is -0.667. The van der Waals surface area contributed by atoms with E-state index < -0.39 is 5.97 Å². The molecule has 4 heteroatoms. The van der Waals surface area contributed by atoms with Crippen molar-refractivity contribution in [3.63, 3.8) is 0 Å². The van der Waals surface area contributed by atoms with Crippen molar-refractivity contribution in [1.82, 2.24) is 5.32 Å². The lowest BCUT2D eigenvalue weighted by atomic mass is 9.93. The molecule has 0 bridgehead atoms. The third-order valence-corrected chi connectivity index (χ3v) is 5.28. The Morgan fingerprint density at radius 3 is 2.80 bits per heavy atom. The molecule has 0 saturated heterocycles. The van der Waals surface area contributed by atoms with Gasteiger partial charge in [-0.05, 0) is 24.1 Å². The van der Waals surface area contributed by atoms with E-state index in [1.54, 1.807) is 11.3 Å². The molecule has 1 aromatic heterocycles. The van der Waals surface area contributed by atoms with Crippen LogP contribution in [0.5, 0.6) is 0 Å². The van der Waals surface area contributed by atoms with Gasteiger partial charge in [-0.2, -0.15) is 0 Å². The predicted octanol–water partition coefficient (Wildman–Crippen LogP) is 3.24. The summed E-state index contributed by atoms with van der Waals surface area (Å²) in [4.78, 5) is 13.8. The molecule has 0 fully saturated rings. The quantitative estimate of drug-likeness (QED) is 0.911. The second-order valence-electron chi connectivity index (χ2n) is 5.11. The summed E-state index contributed by atoms with van der Waals surface area (Å²) in [7, 11) is 0. The van der Waals surface area contributed by atoms with Gasteiger partial charge in [-0.15, -0.1) is 11.3 Å². The number of rotatable bonds is 3. The van der Waals surface area contributed by atoms with Gasteiger partial charge in [0.2, 0.25) is 0 Å². The first-order chi connectivity index (χ1) is 9.68. The van der Waals surface area contributed by atoms with Crippen molar-refractivity contribution >= 4 is 17.3 Å². The molecule has 3 nitrogen and oxygen atoms in total. The standard InChI is InChI=1S/C16H17NO2S/c1-10(11-5-3-2-4-6-11)15-14(16(18)19)12-7-8-17-9-13(12)20-15/h2-6,10,17H,7-9H2,1H3,(H,18,19)/t10-/m0/s1. The van der Waals surface area contributed by atoms with Crippen LogP contribution in [0.25, 0.3) is 0 Å². The Morgan fingerprint density at radius 2 is 2.10 bits per heavy atom. The van der Waals surface area contributed by atoms with Gasteiger partial charge in [-0.25, -0.2) is 4.79 Å². The van der Waals surface area contributed by atoms with Crippen molar-refractivity contribution in [1.29, 1.82) is 0 Å². The number of carboxylic acids is 1. The number of hydrogen-bond donors (Lipinski definition) is 2. The largest absolute Gasteiger partial charge is 0.478 e. The van der Waals surface area contributed by atoms with Crippen LogP contribution >= 0.6 is 11.3 Å². The number of hydrogen-bond acceptors (Lipinski definition) is 3. The lowest BCUT2D eigenvalue weighted by molar-refractivity contribution is 0.0695. The fraction of sp³-hybridized carbons (Fsp3) is 0.312. The maximum absolute atomic E-state index is 11.7. The fourth-order valence-electron chi connectivity index (χ4n) is 2.79. The lowest BCUT2D eigenvalue weighted by Gasteiger charge is -2.13. The van der Waals surface area contributed by atoms with Crippen molar-refractivity contribution in [2.75, 3.05) is 6.54 Å². The smallest absolute Gasteiger partial charge is 0.337 e. The first-order valence-corrected chi connectivity index (χ1v) is 7.63. The molecule has 1 aliphatic rings. The summed E-state index contributed by atoms with van der Waals surface area (Å²) in [5, 5.41) is 12.9. The van der Waals surface area contributed by atoms with Gasteiger partial charge < -0.3 is 10.4 Å². The van der Waals surface area contributed by atoms with Gasteiger partial charge in [0.25, 0.3) is 0 Å². The van der Waals surface area contributed by atoms with Crippen LogP contribution in [0.2, 0.25) is 0 Å². The maximum atomic E-state index is 11.7. The van der Waals surface area contributed by atoms with Crippen LogP contribution in [0, 0.1) is 0 Å². The number of carbonyl (C=O) groups is 1. The summed E-state index contributed by atoms with van der Waals surface area (Å²) >= 11 is 1.65. The number of aromatic carboxylic acids is 1. The van der Waals surface area contributed by atoms with Crippen LogP contribution in [0.1, 0.15) is 44.1 Å². The van der Waals surface area contributed by atoms with Crippen LogP contribution in [0.4, 0.5) is 0 Å². The fourth-order valence-corrected chi connectivity index (χ4v) is 4.18. The molecule has 2 aromatic rings. The molecule has 2 N–H and O–H groups in total. The van der Waals surface area contributed by atoms with Gasteiger partial charge in [0.05, 0.1) is 5.56 Å². The van der Waals surface area contributed by atoms with E-state index in [1.807, 2.05) is 18.2 Å². The number of carboxylic acid groups (broad SMARTS) is 1. The summed E-state index contributed by atoms with van der Waals surface area (Å²) in [5.41, 5.74) is 2.75. The maximum Gasteiger partial charge on any atom is 0.337 e. The molecule has 1 aromatic carbocycles. The van der Waals surface area contributed by atoms with E-state index >= 15 is 0 Å². The lowest BCUT2D eigenvalue weighted by Crippen LogP contribution is -2.23. The third-order valence-electron chi connectivity index (χ3n) is 3.86. The summed E-state index contributed by atoms with van der Waals surface area (Å²) in [6.07, 6.45) is 0.814. The van der Waals surface area contributed by atoms with Gasteiger partial charge in [0.1, 0.15) is 0 Å². The van der Waals surface area contributed by atoms with Crippen LogP contribution in [0.3, 0.4) is 0 Å². The van der Waals surface area contributed by atoms with E-state index in [0.29, 0.717) is 5.56 Å². The Kier molecular flexibility index (Phi) is 3.59. The molecule has 0 radical (unpaired) electrons. The molecule has 0 unspecified atom stereocenters. The minimum Gasteiger partial charge on any atom is -0.478 e. The number of thiophene rings is 1. The number of benzene rings is 1. The summed E-state index contributed by atoms with van der Waals surface area (Å²) < 4.78 is 0. The van der Waals surface area contributed by atoms with E-state index in [0.717, 1.165) is 30.0 Å². The molecule has 0 spiro atoms. The molecular formula is C16H17NO2S. The highest BCUT2D eigenvalue weighted by atomic mass is 32.1. The average Bonchev–Trinajstić information content (AvgIpc) is 2.86. The van der Waals surface area contributed by atoms with Gasteiger partial charge in [0, 0.05) is 22.2 Å². The van der Waals surface area contributed by atoms with Crippen molar-refractivity contribution < 1.29 is 9.90 Å². The normalized spacial score (nSPS) is 15.7. The Balaban J connectivity index is 2.09. The van der Waals surface area contributed by atoms with Gasteiger partial charge in [-0.3, -0.25) is 0 Å². The monoisotopic (exact) mass is 287 g/mol. The van der Waals surface area contributed by atoms with Crippen LogP contribution in [-0.4, -0.2) is 17.6 Å². The molecule has 0 amide bonds. The predicted molar refractivity (Wildman–Crippen MR) is 80.6 cm³/mol.